The maximum atomic E-state index is 6.67. The van der Waals surface area contributed by atoms with Crippen LogP contribution in [0.3, 0.4) is 0 Å². The van der Waals surface area contributed by atoms with Crippen LogP contribution in [0.5, 0.6) is 0 Å². The lowest BCUT2D eigenvalue weighted by Crippen LogP contribution is -2.45. The highest BCUT2D eigenvalue weighted by atomic mass is 35.5. The third-order valence-corrected chi connectivity index (χ3v) is 14.4. The van der Waals surface area contributed by atoms with Crippen molar-refractivity contribution in [3.63, 3.8) is 0 Å². The highest BCUT2D eigenvalue weighted by molar-refractivity contribution is 8.00. The van der Waals surface area contributed by atoms with Gasteiger partial charge < -0.3 is 8.99 Å². The van der Waals surface area contributed by atoms with Gasteiger partial charge in [0, 0.05) is 41.8 Å². The lowest BCUT2D eigenvalue weighted by molar-refractivity contribution is 0.252. The average Bonchev–Trinajstić information content (AvgIpc) is 3.57. The third kappa shape index (κ3) is 4.92. The molecule has 1 aliphatic carbocycles. The fourth-order valence-electron chi connectivity index (χ4n) is 4.74. The van der Waals surface area contributed by atoms with Crippen LogP contribution in [-0.4, -0.2) is 45.2 Å². The van der Waals surface area contributed by atoms with E-state index in [2.05, 4.69) is 74.6 Å². The van der Waals surface area contributed by atoms with Gasteiger partial charge in [-0.3, -0.25) is 4.98 Å². The molecule has 0 bridgehead atoms. The van der Waals surface area contributed by atoms with Gasteiger partial charge in [-0.05, 0) is 55.6 Å². The van der Waals surface area contributed by atoms with Gasteiger partial charge >= 0.3 is 0 Å². The second kappa shape index (κ2) is 9.26. The van der Waals surface area contributed by atoms with Gasteiger partial charge in [0.1, 0.15) is 11.6 Å². The standard InChI is InChI=1S/C28H37ClN4OSSi/c1-26(2,3)36(5,6)34-19-27(4)17-24-31-32-25(33(24)15-16-35-27)28(13-14-28)21-9-7-20(8-10-21)23-12-11-22(29)18-30-23/h7-12,18H,13-17,19H2,1-6H3. The summed E-state index contributed by atoms with van der Waals surface area (Å²) in [5.74, 6) is 3.28. The molecule has 1 atom stereocenters. The first kappa shape index (κ1) is 26.0. The molecule has 1 saturated carbocycles. The summed E-state index contributed by atoms with van der Waals surface area (Å²) in [4.78, 5) is 4.46. The van der Waals surface area contributed by atoms with Crippen LogP contribution >= 0.6 is 23.4 Å². The molecule has 3 aromatic rings. The zero-order valence-corrected chi connectivity index (χ0v) is 24.8. The fraction of sp³-hybridized carbons (Fsp3) is 0.536. The normalized spacial score (nSPS) is 21.6. The summed E-state index contributed by atoms with van der Waals surface area (Å²) in [6.07, 6.45) is 4.81. The number of aromatic nitrogens is 4. The van der Waals surface area contributed by atoms with Crippen LogP contribution in [0, 0.1) is 0 Å². The molecule has 0 saturated heterocycles. The number of pyridine rings is 1. The Morgan fingerprint density at radius 3 is 2.42 bits per heavy atom. The summed E-state index contributed by atoms with van der Waals surface area (Å²) in [6, 6.07) is 12.7. The van der Waals surface area contributed by atoms with E-state index in [9.17, 15) is 0 Å². The van der Waals surface area contributed by atoms with Gasteiger partial charge in [0.2, 0.25) is 0 Å². The first-order valence-electron chi connectivity index (χ1n) is 12.9. The van der Waals surface area contributed by atoms with Crippen molar-refractivity contribution in [2.75, 3.05) is 12.4 Å². The Bertz CT molecular complexity index is 1230. The quantitative estimate of drug-likeness (QED) is 0.311. The first-order valence-corrected chi connectivity index (χ1v) is 17.1. The van der Waals surface area contributed by atoms with Crippen LogP contribution in [0.4, 0.5) is 0 Å². The van der Waals surface area contributed by atoms with Crippen LogP contribution in [0.2, 0.25) is 23.2 Å². The van der Waals surface area contributed by atoms with Crippen LogP contribution in [0.15, 0.2) is 42.6 Å². The van der Waals surface area contributed by atoms with Crippen molar-refractivity contribution in [1.82, 2.24) is 19.7 Å². The molecule has 0 amide bonds. The summed E-state index contributed by atoms with van der Waals surface area (Å²) in [5, 5.41) is 10.4. The molecular weight excluding hydrogens is 504 g/mol. The molecule has 3 heterocycles. The Balaban J connectivity index is 1.36. The van der Waals surface area contributed by atoms with E-state index in [1.54, 1.807) is 6.20 Å². The number of hydrogen-bond acceptors (Lipinski definition) is 5. The van der Waals surface area contributed by atoms with E-state index in [1.807, 2.05) is 23.9 Å². The minimum Gasteiger partial charge on any atom is -0.415 e. The Kier molecular flexibility index (Phi) is 6.68. The van der Waals surface area contributed by atoms with E-state index in [1.165, 1.54) is 5.56 Å². The van der Waals surface area contributed by atoms with Crippen molar-refractivity contribution in [3.05, 3.63) is 64.8 Å². The molecule has 0 radical (unpaired) electrons. The van der Waals surface area contributed by atoms with Gasteiger partial charge in [-0.2, -0.15) is 11.8 Å². The largest absolute Gasteiger partial charge is 0.415 e. The predicted octanol–water partition coefficient (Wildman–Crippen LogP) is 7.14. The number of nitrogens with zero attached hydrogens (tertiary/aromatic N) is 4. The molecule has 1 aliphatic heterocycles. The lowest BCUT2D eigenvalue weighted by atomic mass is 9.93. The number of thioether (sulfide) groups is 1. The highest BCUT2D eigenvalue weighted by Crippen LogP contribution is 2.53. The second-order valence-corrected chi connectivity index (χ2v) is 19.1. The molecule has 0 spiro atoms. The van der Waals surface area contributed by atoms with E-state index in [0.717, 1.165) is 61.1 Å². The molecule has 2 aromatic heterocycles. The van der Waals surface area contributed by atoms with Crippen molar-refractivity contribution in [1.29, 1.82) is 0 Å². The van der Waals surface area contributed by atoms with Crippen LogP contribution < -0.4 is 0 Å². The van der Waals surface area contributed by atoms with Crippen molar-refractivity contribution in [2.45, 2.75) is 81.8 Å². The first-order chi connectivity index (χ1) is 16.9. The van der Waals surface area contributed by atoms with Crippen molar-refractivity contribution >= 4 is 31.7 Å². The summed E-state index contributed by atoms with van der Waals surface area (Å²) < 4.78 is 9.09. The maximum Gasteiger partial charge on any atom is 0.192 e. The monoisotopic (exact) mass is 540 g/mol. The molecule has 2 aliphatic rings. The van der Waals surface area contributed by atoms with Crippen LogP contribution in [-0.2, 0) is 22.8 Å². The maximum absolute atomic E-state index is 6.67. The molecule has 1 aromatic carbocycles. The van der Waals surface area contributed by atoms with Crippen molar-refractivity contribution in [3.8, 4) is 11.3 Å². The number of fused-ring (bicyclic) bond motifs is 1. The van der Waals surface area contributed by atoms with Crippen LogP contribution in [0.25, 0.3) is 11.3 Å². The summed E-state index contributed by atoms with van der Waals surface area (Å²) >= 11 is 8.03. The van der Waals surface area contributed by atoms with E-state index in [0.29, 0.717) is 5.02 Å². The van der Waals surface area contributed by atoms with Crippen LogP contribution in [0.1, 0.15) is 57.7 Å². The van der Waals surface area contributed by atoms with E-state index in [-0.39, 0.29) is 15.2 Å². The van der Waals surface area contributed by atoms with Gasteiger partial charge in [-0.15, -0.1) is 10.2 Å². The van der Waals surface area contributed by atoms with Crippen molar-refractivity contribution in [2.24, 2.45) is 0 Å². The number of benzene rings is 1. The summed E-state index contributed by atoms with van der Waals surface area (Å²) in [5.41, 5.74) is 3.32. The minimum absolute atomic E-state index is 0.0119. The van der Waals surface area contributed by atoms with Crippen molar-refractivity contribution < 1.29 is 4.43 Å². The third-order valence-electron chi connectivity index (χ3n) is 8.31. The number of halogens is 1. The molecular formula is C28H37ClN4OSSi. The van der Waals surface area contributed by atoms with Gasteiger partial charge in [-0.1, -0.05) is 56.6 Å². The van der Waals surface area contributed by atoms with Gasteiger partial charge in [0.15, 0.2) is 8.32 Å². The van der Waals surface area contributed by atoms with E-state index >= 15 is 0 Å². The molecule has 1 unspecified atom stereocenters. The molecule has 5 rings (SSSR count). The SMILES string of the molecule is CC1(CO[Si](C)(C)C(C)(C)C)Cc2nnc(C3(c4ccc(-c5ccc(Cl)cn5)cc4)CC3)n2CCS1. The predicted molar refractivity (Wildman–Crippen MR) is 152 cm³/mol. The molecule has 1 fully saturated rings. The lowest BCUT2D eigenvalue weighted by Gasteiger charge is -2.39. The van der Waals surface area contributed by atoms with E-state index in [4.69, 9.17) is 26.2 Å². The fourth-order valence-corrected chi connectivity index (χ4v) is 7.21. The molecule has 0 N–H and O–H groups in total. The summed E-state index contributed by atoms with van der Waals surface area (Å²) in [6.45, 7) is 15.6. The smallest absolute Gasteiger partial charge is 0.192 e. The van der Waals surface area contributed by atoms with Gasteiger partial charge in [0.05, 0.1) is 16.1 Å². The minimum atomic E-state index is -1.80. The number of hydrogen-bond donors (Lipinski definition) is 0. The Morgan fingerprint density at radius 1 is 1.08 bits per heavy atom. The number of rotatable bonds is 6. The Morgan fingerprint density at radius 2 is 1.81 bits per heavy atom. The molecule has 8 heteroatoms. The zero-order chi connectivity index (χ0) is 25.8. The average molecular weight is 541 g/mol. The Hall–Kier alpha value is -1.67. The Labute approximate surface area is 225 Å². The molecule has 5 nitrogen and oxygen atoms in total. The second-order valence-electron chi connectivity index (χ2n) is 12.1. The molecule has 36 heavy (non-hydrogen) atoms. The molecule has 192 valence electrons. The van der Waals surface area contributed by atoms with Gasteiger partial charge in [0.25, 0.3) is 0 Å². The zero-order valence-electron chi connectivity index (χ0n) is 22.3. The summed E-state index contributed by atoms with van der Waals surface area (Å²) in [7, 11) is -1.80. The van der Waals surface area contributed by atoms with Gasteiger partial charge in [-0.25, -0.2) is 0 Å². The highest BCUT2D eigenvalue weighted by Gasteiger charge is 2.51. The van der Waals surface area contributed by atoms with E-state index < -0.39 is 8.32 Å². The topological polar surface area (TPSA) is 52.8 Å².